The van der Waals surface area contributed by atoms with Crippen molar-refractivity contribution in [3.63, 3.8) is 0 Å². The Labute approximate surface area is 104 Å². The zero-order chi connectivity index (χ0) is 13.5. The quantitative estimate of drug-likeness (QED) is 0.406. The van der Waals surface area contributed by atoms with Gasteiger partial charge in [-0.3, -0.25) is 10.1 Å². The smallest absolute Gasteiger partial charge is 0.276 e. The molecule has 100 valence electrons. The lowest BCUT2D eigenvalue weighted by Gasteiger charge is -2.14. The maximum atomic E-state index is 10.8. The van der Waals surface area contributed by atoms with Gasteiger partial charge in [0.25, 0.3) is 5.69 Å². The highest BCUT2D eigenvalue weighted by Crippen LogP contribution is 2.20. The predicted molar refractivity (Wildman–Crippen MR) is 66.6 cm³/mol. The third kappa shape index (κ3) is 3.82. The molecule has 0 aliphatic heterocycles. The first-order valence-corrected chi connectivity index (χ1v) is 5.49. The average Bonchev–Trinajstić information content (AvgIpc) is 2.36. The Hall–Kier alpha value is -1.93. The molecule has 0 aromatic carbocycles. The maximum absolute atomic E-state index is 10.8. The Morgan fingerprint density at radius 2 is 2.00 bits per heavy atom. The summed E-state index contributed by atoms with van der Waals surface area (Å²) in [6.07, 6.45) is 0. The van der Waals surface area contributed by atoms with Gasteiger partial charge in [-0.05, 0) is 6.92 Å². The van der Waals surface area contributed by atoms with Gasteiger partial charge in [0.1, 0.15) is 11.6 Å². The molecule has 0 bridgehead atoms. The fourth-order valence-corrected chi connectivity index (χ4v) is 1.33. The average molecular weight is 256 g/mol. The van der Waals surface area contributed by atoms with Crippen molar-refractivity contribution >= 4 is 17.3 Å². The molecule has 1 aromatic heterocycles. The number of aliphatic hydroxyl groups is 2. The summed E-state index contributed by atoms with van der Waals surface area (Å²) in [5.41, 5.74) is -0.113. The fraction of sp³-hybridized carbons (Fsp3) is 0.500. The Balaban J connectivity index is 2.98. The van der Waals surface area contributed by atoms with E-state index >= 15 is 0 Å². The maximum Gasteiger partial charge on any atom is 0.276 e. The third-order valence-corrected chi connectivity index (χ3v) is 2.17. The highest BCUT2D eigenvalue weighted by Gasteiger charge is 2.13. The summed E-state index contributed by atoms with van der Waals surface area (Å²) in [5, 5.41) is 34.2. The van der Waals surface area contributed by atoms with E-state index in [2.05, 4.69) is 15.6 Å². The second-order valence-corrected chi connectivity index (χ2v) is 3.59. The van der Waals surface area contributed by atoms with Gasteiger partial charge in [-0.15, -0.1) is 0 Å². The molecule has 0 atom stereocenters. The monoisotopic (exact) mass is 256 g/mol. The van der Waals surface area contributed by atoms with Crippen molar-refractivity contribution in [1.29, 1.82) is 0 Å². The van der Waals surface area contributed by atoms with E-state index in [1.54, 1.807) is 0 Å². The summed E-state index contributed by atoms with van der Waals surface area (Å²) in [4.78, 5) is 14.3. The van der Waals surface area contributed by atoms with Gasteiger partial charge >= 0.3 is 0 Å². The molecule has 0 fully saturated rings. The second kappa shape index (κ2) is 6.72. The van der Waals surface area contributed by atoms with Crippen molar-refractivity contribution in [2.24, 2.45) is 0 Å². The highest BCUT2D eigenvalue weighted by atomic mass is 16.6. The lowest BCUT2D eigenvalue weighted by Crippen LogP contribution is -2.28. The molecule has 0 radical (unpaired) electrons. The number of hydrogen-bond donors (Lipinski definition) is 4. The molecule has 8 nitrogen and oxygen atoms in total. The van der Waals surface area contributed by atoms with Crippen molar-refractivity contribution in [2.75, 3.05) is 30.4 Å². The molecule has 1 rings (SSSR count). The van der Waals surface area contributed by atoms with Crippen LogP contribution in [-0.4, -0.2) is 45.9 Å². The van der Waals surface area contributed by atoms with Crippen molar-refractivity contribution in [3.05, 3.63) is 22.2 Å². The number of nitro groups is 1. The van der Waals surface area contributed by atoms with Crippen LogP contribution in [0.1, 0.15) is 6.92 Å². The molecule has 18 heavy (non-hydrogen) atoms. The summed E-state index contributed by atoms with van der Waals surface area (Å²) in [7, 11) is 0. The van der Waals surface area contributed by atoms with Crippen molar-refractivity contribution < 1.29 is 15.1 Å². The van der Waals surface area contributed by atoms with Gasteiger partial charge in [0, 0.05) is 6.54 Å². The highest BCUT2D eigenvalue weighted by molar-refractivity contribution is 5.55. The SMILES string of the molecule is CCNc1cc([N+](=O)[O-])cc(NC(CO)CO)n1. The minimum absolute atomic E-state index is 0.113. The van der Waals surface area contributed by atoms with Crippen LogP contribution in [0.4, 0.5) is 17.3 Å². The molecule has 0 saturated heterocycles. The number of aromatic nitrogens is 1. The van der Waals surface area contributed by atoms with Gasteiger partial charge in [-0.2, -0.15) is 0 Å². The summed E-state index contributed by atoms with van der Waals surface area (Å²) in [5.74, 6) is 0.595. The van der Waals surface area contributed by atoms with Crippen LogP contribution in [0.5, 0.6) is 0 Å². The number of anilines is 2. The molecule has 0 saturated carbocycles. The second-order valence-electron chi connectivity index (χ2n) is 3.59. The molecule has 0 amide bonds. The first kappa shape index (κ1) is 14.1. The van der Waals surface area contributed by atoms with Crippen LogP contribution in [-0.2, 0) is 0 Å². The Bertz CT molecular complexity index is 409. The van der Waals surface area contributed by atoms with E-state index in [-0.39, 0.29) is 24.7 Å². The van der Waals surface area contributed by atoms with Crippen LogP contribution in [0, 0.1) is 10.1 Å². The minimum Gasteiger partial charge on any atom is -0.394 e. The third-order valence-electron chi connectivity index (χ3n) is 2.17. The number of nitrogens with zero attached hydrogens (tertiary/aromatic N) is 2. The lowest BCUT2D eigenvalue weighted by atomic mass is 10.3. The molecule has 0 aliphatic rings. The van der Waals surface area contributed by atoms with Gasteiger partial charge < -0.3 is 20.8 Å². The number of nitrogens with one attached hydrogen (secondary N) is 2. The summed E-state index contributed by atoms with van der Waals surface area (Å²) >= 11 is 0. The molecular formula is C10H16N4O4. The normalized spacial score (nSPS) is 10.4. The molecule has 0 aliphatic carbocycles. The number of pyridine rings is 1. The largest absolute Gasteiger partial charge is 0.394 e. The summed E-state index contributed by atoms with van der Waals surface area (Å²) in [6, 6.07) is 1.97. The molecule has 0 unspecified atom stereocenters. The van der Waals surface area contributed by atoms with Crippen molar-refractivity contribution in [1.82, 2.24) is 4.98 Å². The zero-order valence-corrected chi connectivity index (χ0v) is 9.96. The summed E-state index contributed by atoms with van der Waals surface area (Å²) in [6.45, 7) is 1.84. The number of aliphatic hydroxyl groups excluding tert-OH is 2. The van der Waals surface area contributed by atoms with E-state index in [1.165, 1.54) is 12.1 Å². The summed E-state index contributed by atoms with van der Waals surface area (Å²) < 4.78 is 0. The van der Waals surface area contributed by atoms with Crippen molar-refractivity contribution in [2.45, 2.75) is 13.0 Å². The van der Waals surface area contributed by atoms with Gasteiger partial charge in [-0.25, -0.2) is 4.98 Å². The Kier molecular flexibility index (Phi) is 5.28. The van der Waals surface area contributed by atoms with Crippen LogP contribution in [0.15, 0.2) is 12.1 Å². The Morgan fingerprint density at radius 3 is 2.50 bits per heavy atom. The Morgan fingerprint density at radius 1 is 1.39 bits per heavy atom. The molecule has 1 aromatic rings. The molecule has 0 spiro atoms. The zero-order valence-electron chi connectivity index (χ0n) is 9.96. The van der Waals surface area contributed by atoms with E-state index in [0.29, 0.717) is 12.4 Å². The first-order chi connectivity index (χ1) is 8.60. The van der Waals surface area contributed by atoms with Gasteiger partial charge in [0.05, 0.1) is 36.3 Å². The van der Waals surface area contributed by atoms with E-state index in [4.69, 9.17) is 10.2 Å². The van der Waals surface area contributed by atoms with Crippen LogP contribution in [0.2, 0.25) is 0 Å². The lowest BCUT2D eigenvalue weighted by molar-refractivity contribution is -0.384. The number of rotatable bonds is 7. The van der Waals surface area contributed by atoms with Crippen LogP contribution in [0.25, 0.3) is 0 Å². The molecule has 8 heteroatoms. The standard InChI is InChI=1S/C10H16N4O4/c1-2-11-9-3-8(14(17)18)4-10(13-9)12-7(5-15)6-16/h3-4,7,15-16H,2,5-6H2,1H3,(H2,11,12,13). The van der Waals surface area contributed by atoms with E-state index in [0.717, 1.165) is 0 Å². The van der Waals surface area contributed by atoms with Crippen LogP contribution >= 0.6 is 0 Å². The molecular weight excluding hydrogens is 240 g/mol. The van der Waals surface area contributed by atoms with Gasteiger partial charge in [0.2, 0.25) is 0 Å². The van der Waals surface area contributed by atoms with Gasteiger partial charge in [-0.1, -0.05) is 0 Å². The molecule has 4 N–H and O–H groups in total. The minimum atomic E-state index is -0.603. The van der Waals surface area contributed by atoms with E-state index in [9.17, 15) is 10.1 Å². The van der Waals surface area contributed by atoms with Crippen molar-refractivity contribution in [3.8, 4) is 0 Å². The van der Waals surface area contributed by atoms with Crippen LogP contribution < -0.4 is 10.6 Å². The van der Waals surface area contributed by atoms with Gasteiger partial charge in [0.15, 0.2) is 0 Å². The molecule has 1 heterocycles. The topological polar surface area (TPSA) is 121 Å². The first-order valence-electron chi connectivity index (χ1n) is 5.49. The predicted octanol–water partition coefficient (Wildman–Crippen LogP) is 0.187. The fourth-order valence-electron chi connectivity index (χ4n) is 1.33. The van der Waals surface area contributed by atoms with Crippen LogP contribution in [0.3, 0.4) is 0 Å². The number of hydrogen-bond acceptors (Lipinski definition) is 7. The van der Waals surface area contributed by atoms with E-state index in [1.807, 2.05) is 6.92 Å². The van der Waals surface area contributed by atoms with E-state index < -0.39 is 11.0 Å².